The highest BCUT2D eigenvalue weighted by molar-refractivity contribution is 5.38. The van der Waals surface area contributed by atoms with Gasteiger partial charge in [-0.05, 0) is 37.3 Å². The molecule has 0 aromatic carbocycles. The molecule has 3 rings (SSSR count). The van der Waals surface area contributed by atoms with Gasteiger partial charge in [0.1, 0.15) is 12.0 Å². The molecule has 2 aromatic heterocycles. The van der Waals surface area contributed by atoms with Gasteiger partial charge in [0, 0.05) is 26.7 Å². The molecule has 0 bridgehead atoms. The summed E-state index contributed by atoms with van der Waals surface area (Å²) in [6.45, 7) is 2.31. The summed E-state index contributed by atoms with van der Waals surface area (Å²) in [6.07, 6.45) is 6.28. The molecule has 0 unspecified atom stereocenters. The average Bonchev–Trinajstić information content (AvgIpc) is 2.65. The summed E-state index contributed by atoms with van der Waals surface area (Å²) < 4.78 is 15.7. The van der Waals surface area contributed by atoms with Crippen LogP contribution in [-0.2, 0) is 13.6 Å². The fraction of sp³-hybridized carbons (Fsp3) is 0.556. The summed E-state index contributed by atoms with van der Waals surface area (Å²) >= 11 is 0. The molecule has 0 amide bonds. The van der Waals surface area contributed by atoms with Gasteiger partial charge >= 0.3 is 5.69 Å². The van der Waals surface area contributed by atoms with Gasteiger partial charge in [-0.15, -0.1) is 0 Å². The maximum Gasteiger partial charge on any atom is 0.347 e. The molecular formula is C18H24FN5O2. The summed E-state index contributed by atoms with van der Waals surface area (Å²) in [6, 6.07) is 4.90. The van der Waals surface area contributed by atoms with E-state index in [0.717, 1.165) is 49.8 Å². The number of nitrogens with zero attached hydrogens (tertiary/aromatic N) is 5. The highest BCUT2D eigenvalue weighted by Crippen LogP contribution is 2.25. The van der Waals surface area contributed by atoms with Crippen LogP contribution in [0.4, 0.5) is 10.2 Å². The summed E-state index contributed by atoms with van der Waals surface area (Å²) in [5.41, 5.74) is -0.751. The van der Waals surface area contributed by atoms with Gasteiger partial charge in [0.15, 0.2) is 0 Å². The van der Waals surface area contributed by atoms with Crippen LogP contribution in [0.5, 0.6) is 0 Å². The Morgan fingerprint density at radius 2 is 1.96 bits per heavy atom. The number of anilines is 1. The zero-order chi connectivity index (χ0) is 18.5. The molecule has 0 N–H and O–H groups in total. The minimum atomic E-state index is -0.438. The number of rotatable bonds is 6. The molecule has 8 heteroatoms. The first-order chi connectivity index (χ1) is 12.5. The molecule has 1 aliphatic rings. The Balaban J connectivity index is 1.41. The largest absolute Gasteiger partial charge is 0.357 e. The van der Waals surface area contributed by atoms with Gasteiger partial charge in [0.2, 0.25) is 5.95 Å². The van der Waals surface area contributed by atoms with Gasteiger partial charge in [0.25, 0.3) is 5.56 Å². The van der Waals surface area contributed by atoms with E-state index in [0.29, 0.717) is 18.3 Å². The van der Waals surface area contributed by atoms with Crippen molar-refractivity contribution in [3.05, 3.63) is 51.2 Å². The lowest BCUT2D eigenvalue weighted by Gasteiger charge is -2.32. The van der Waals surface area contributed by atoms with Gasteiger partial charge in [-0.1, -0.05) is 18.9 Å². The summed E-state index contributed by atoms with van der Waals surface area (Å²) in [5.74, 6) is 0.917. The molecule has 0 spiro atoms. The van der Waals surface area contributed by atoms with Crippen LogP contribution < -0.4 is 16.1 Å². The Bertz CT molecular complexity index is 855. The Morgan fingerprint density at radius 1 is 1.19 bits per heavy atom. The zero-order valence-electron chi connectivity index (χ0n) is 15.0. The van der Waals surface area contributed by atoms with Crippen LogP contribution in [0.1, 0.15) is 32.1 Å². The smallest absolute Gasteiger partial charge is 0.347 e. The third kappa shape index (κ3) is 4.36. The van der Waals surface area contributed by atoms with Crippen LogP contribution >= 0.6 is 0 Å². The number of hydrogen-bond donors (Lipinski definition) is 0. The summed E-state index contributed by atoms with van der Waals surface area (Å²) in [5, 5.41) is 3.90. The summed E-state index contributed by atoms with van der Waals surface area (Å²) in [4.78, 5) is 29.3. The lowest BCUT2D eigenvalue weighted by atomic mass is 9.91. The topological polar surface area (TPSA) is 73.0 Å². The Kier molecular flexibility index (Phi) is 5.80. The molecule has 7 nitrogen and oxygen atoms in total. The highest BCUT2D eigenvalue weighted by Gasteiger charge is 2.20. The second kappa shape index (κ2) is 8.25. The molecule has 1 aliphatic heterocycles. The molecular weight excluding hydrogens is 336 g/mol. The molecule has 1 fully saturated rings. The van der Waals surface area contributed by atoms with Crippen molar-refractivity contribution >= 4 is 5.82 Å². The minimum Gasteiger partial charge on any atom is -0.357 e. The SMILES string of the molecule is Cn1c(=O)cnn(CCCCC2CCN(c3cccc([18F])n3)CC2)c1=O. The van der Waals surface area contributed by atoms with Crippen LogP contribution in [0.2, 0.25) is 0 Å². The second-order valence-electron chi connectivity index (χ2n) is 6.79. The first kappa shape index (κ1) is 18.3. The molecule has 0 aliphatic carbocycles. The number of halogens is 1. The van der Waals surface area contributed by atoms with E-state index in [1.54, 1.807) is 6.07 Å². The van der Waals surface area contributed by atoms with Crippen molar-refractivity contribution in [3.63, 3.8) is 0 Å². The molecule has 2 aromatic rings. The quantitative estimate of drug-likeness (QED) is 0.577. The minimum absolute atomic E-state index is 0.367. The molecule has 1 saturated heterocycles. The third-order valence-corrected chi connectivity index (χ3v) is 5.02. The van der Waals surface area contributed by atoms with Gasteiger partial charge in [-0.25, -0.2) is 14.5 Å². The number of aryl methyl sites for hydroxylation is 1. The van der Waals surface area contributed by atoms with Crippen molar-refractivity contribution in [1.29, 1.82) is 0 Å². The number of pyridine rings is 1. The van der Waals surface area contributed by atoms with Crippen LogP contribution in [0.15, 0.2) is 34.0 Å². The van der Waals surface area contributed by atoms with Crippen molar-refractivity contribution in [2.45, 2.75) is 38.6 Å². The standard InChI is InChI=1S/C18H24FN5O2/c1-22-17(25)13-20-24(18(22)26)10-3-2-5-14-8-11-23(12-9-14)16-7-4-6-15(19)21-16/h4,6-7,13-14H,2-3,5,8-12H2,1H3/i19-1. The Morgan fingerprint density at radius 3 is 2.69 bits per heavy atom. The van der Waals surface area contributed by atoms with Crippen molar-refractivity contribution < 1.29 is 4.39 Å². The molecule has 140 valence electrons. The predicted octanol–water partition coefficient (Wildman–Crippen LogP) is 1.56. The zero-order valence-corrected chi connectivity index (χ0v) is 15.0. The van der Waals surface area contributed by atoms with Gasteiger partial charge in [-0.3, -0.25) is 9.36 Å². The van der Waals surface area contributed by atoms with E-state index in [4.69, 9.17) is 0 Å². The Hall–Kier alpha value is -2.51. The molecule has 0 saturated carbocycles. The maximum atomic E-state index is 13.2. The number of aromatic nitrogens is 4. The van der Waals surface area contributed by atoms with Crippen LogP contribution in [0.3, 0.4) is 0 Å². The van der Waals surface area contributed by atoms with Crippen LogP contribution in [0, 0.1) is 11.9 Å². The molecule has 26 heavy (non-hydrogen) atoms. The van der Waals surface area contributed by atoms with Crippen molar-refractivity contribution in [2.24, 2.45) is 13.0 Å². The summed E-state index contributed by atoms with van der Waals surface area (Å²) in [7, 11) is 1.46. The monoisotopic (exact) mass is 360 g/mol. The van der Waals surface area contributed by atoms with E-state index >= 15 is 0 Å². The first-order valence-corrected chi connectivity index (χ1v) is 9.05. The molecule has 3 heterocycles. The number of hydrogen-bond acceptors (Lipinski definition) is 5. The number of piperidine rings is 1. The normalized spacial score (nSPS) is 15.4. The van der Waals surface area contributed by atoms with Crippen molar-refractivity contribution in [1.82, 2.24) is 19.3 Å². The first-order valence-electron chi connectivity index (χ1n) is 9.05. The van der Waals surface area contributed by atoms with Crippen LogP contribution in [-0.4, -0.2) is 32.4 Å². The van der Waals surface area contributed by atoms with E-state index < -0.39 is 5.95 Å². The lowest BCUT2D eigenvalue weighted by Crippen LogP contribution is -2.39. The third-order valence-electron chi connectivity index (χ3n) is 5.02. The highest BCUT2D eigenvalue weighted by atomic mass is 18.2. The van der Waals surface area contributed by atoms with Gasteiger partial charge < -0.3 is 4.90 Å². The van der Waals surface area contributed by atoms with Crippen LogP contribution in [0.25, 0.3) is 0 Å². The predicted molar refractivity (Wildman–Crippen MR) is 96.7 cm³/mol. The molecule has 0 radical (unpaired) electrons. The van der Waals surface area contributed by atoms with E-state index in [2.05, 4.69) is 15.0 Å². The van der Waals surface area contributed by atoms with Crippen molar-refractivity contribution in [3.8, 4) is 0 Å². The van der Waals surface area contributed by atoms with E-state index in [1.165, 1.54) is 24.0 Å². The number of unbranched alkanes of at least 4 members (excludes halogenated alkanes) is 1. The van der Waals surface area contributed by atoms with Gasteiger partial charge in [0.05, 0.1) is 0 Å². The van der Waals surface area contributed by atoms with E-state index in [9.17, 15) is 14.0 Å². The van der Waals surface area contributed by atoms with Crippen molar-refractivity contribution in [2.75, 3.05) is 18.0 Å². The van der Waals surface area contributed by atoms with E-state index in [-0.39, 0.29) is 11.2 Å². The maximum absolute atomic E-state index is 13.2. The fourth-order valence-electron chi connectivity index (χ4n) is 3.39. The van der Waals surface area contributed by atoms with E-state index in [1.807, 2.05) is 6.07 Å². The second-order valence-corrected chi connectivity index (χ2v) is 6.79. The lowest BCUT2D eigenvalue weighted by molar-refractivity contribution is 0.359. The fourth-order valence-corrected chi connectivity index (χ4v) is 3.39. The average molecular weight is 360 g/mol. The van der Waals surface area contributed by atoms with Gasteiger partial charge in [-0.2, -0.15) is 9.49 Å². The molecule has 0 atom stereocenters. The Labute approximate surface area is 151 Å².